The van der Waals surface area contributed by atoms with Crippen LogP contribution in [0.15, 0.2) is 36.4 Å². The van der Waals surface area contributed by atoms with Crippen LogP contribution in [-0.2, 0) is 0 Å². The first-order valence-electron chi connectivity index (χ1n) is 5.77. The molecule has 0 fully saturated rings. The molecule has 0 radical (unpaired) electrons. The third kappa shape index (κ3) is 2.71. The lowest BCUT2D eigenvalue weighted by Crippen LogP contribution is -2.03. The minimum atomic E-state index is -0.0888. The molecular weight excluding hydrogens is 262 g/mol. The van der Waals surface area contributed by atoms with Crippen molar-refractivity contribution in [2.45, 2.75) is 6.92 Å². The number of halogens is 1. The van der Waals surface area contributed by atoms with Gasteiger partial charge in [0.1, 0.15) is 5.75 Å². The summed E-state index contributed by atoms with van der Waals surface area (Å²) in [5, 5.41) is 0.447. The van der Waals surface area contributed by atoms with Crippen LogP contribution in [0.4, 0.5) is 5.69 Å². The Morgan fingerprint density at radius 1 is 1.16 bits per heavy atom. The highest BCUT2D eigenvalue weighted by Crippen LogP contribution is 2.23. The Labute approximate surface area is 117 Å². The number of ketones is 1. The highest BCUT2D eigenvalue weighted by atomic mass is 35.5. The number of carbonyl (C=O) groups excluding carboxylic acids is 1. The van der Waals surface area contributed by atoms with Gasteiger partial charge in [-0.3, -0.25) is 4.79 Å². The lowest BCUT2D eigenvalue weighted by Gasteiger charge is -2.07. The van der Waals surface area contributed by atoms with E-state index < -0.39 is 0 Å². The Morgan fingerprint density at radius 3 is 2.37 bits per heavy atom. The van der Waals surface area contributed by atoms with Gasteiger partial charge in [-0.05, 0) is 48.9 Å². The van der Waals surface area contributed by atoms with E-state index in [1.807, 2.05) is 6.92 Å². The first kappa shape index (κ1) is 13.4. The average molecular weight is 276 g/mol. The van der Waals surface area contributed by atoms with Crippen molar-refractivity contribution in [3.8, 4) is 5.75 Å². The fraction of sp³-hybridized carbons (Fsp3) is 0.133. The van der Waals surface area contributed by atoms with Crippen LogP contribution in [0.2, 0.25) is 5.02 Å². The molecule has 0 aliphatic carbocycles. The van der Waals surface area contributed by atoms with E-state index in [1.54, 1.807) is 43.5 Å². The van der Waals surface area contributed by atoms with Crippen LogP contribution in [0.25, 0.3) is 0 Å². The van der Waals surface area contributed by atoms with Gasteiger partial charge in [0.2, 0.25) is 0 Å². The number of nitrogens with two attached hydrogens (primary N) is 1. The second-order valence-electron chi connectivity index (χ2n) is 4.25. The molecule has 2 aromatic rings. The van der Waals surface area contributed by atoms with Crippen LogP contribution in [0, 0.1) is 6.92 Å². The molecule has 2 aromatic carbocycles. The lowest BCUT2D eigenvalue weighted by atomic mass is 10.0. The van der Waals surface area contributed by atoms with Gasteiger partial charge in [-0.25, -0.2) is 0 Å². The highest BCUT2D eigenvalue weighted by molar-refractivity contribution is 6.33. The maximum Gasteiger partial charge on any atom is 0.193 e. The second-order valence-corrected chi connectivity index (χ2v) is 4.66. The zero-order valence-corrected chi connectivity index (χ0v) is 11.5. The minimum Gasteiger partial charge on any atom is -0.496 e. The zero-order chi connectivity index (χ0) is 14.0. The van der Waals surface area contributed by atoms with Crippen LogP contribution in [0.3, 0.4) is 0 Å². The number of benzene rings is 2. The summed E-state index contributed by atoms with van der Waals surface area (Å²) >= 11 is 5.84. The minimum absolute atomic E-state index is 0.0888. The Hall–Kier alpha value is -2.00. The normalized spacial score (nSPS) is 10.3. The van der Waals surface area contributed by atoms with Gasteiger partial charge in [0, 0.05) is 11.1 Å². The van der Waals surface area contributed by atoms with Gasteiger partial charge in [-0.15, -0.1) is 0 Å². The number of rotatable bonds is 3. The summed E-state index contributed by atoms with van der Waals surface area (Å²) in [5.41, 5.74) is 8.14. The third-order valence-corrected chi connectivity index (χ3v) is 3.26. The van der Waals surface area contributed by atoms with E-state index >= 15 is 0 Å². The van der Waals surface area contributed by atoms with Crippen LogP contribution in [-0.4, -0.2) is 12.9 Å². The fourth-order valence-electron chi connectivity index (χ4n) is 1.87. The van der Waals surface area contributed by atoms with Crippen molar-refractivity contribution in [2.75, 3.05) is 12.8 Å². The largest absolute Gasteiger partial charge is 0.496 e. The number of hydrogen-bond donors (Lipinski definition) is 1. The van der Waals surface area contributed by atoms with Gasteiger partial charge < -0.3 is 10.5 Å². The SMILES string of the molecule is COc1ccc(C(=O)c2ccc(Cl)c(N)c2)cc1C. The monoisotopic (exact) mass is 275 g/mol. The van der Waals surface area contributed by atoms with Crippen molar-refractivity contribution in [3.63, 3.8) is 0 Å². The summed E-state index contributed by atoms with van der Waals surface area (Å²) in [4.78, 5) is 12.3. The molecule has 0 unspecified atom stereocenters. The number of nitrogen functional groups attached to an aromatic ring is 1. The average Bonchev–Trinajstić information content (AvgIpc) is 2.41. The maximum atomic E-state index is 12.3. The Balaban J connectivity index is 2.38. The lowest BCUT2D eigenvalue weighted by molar-refractivity contribution is 0.103. The molecule has 19 heavy (non-hydrogen) atoms. The van der Waals surface area contributed by atoms with E-state index in [1.165, 1.54) is 0 Å². The van der Waals surface area contributed by atoms with Crippen molar-refractivity contribution in [1.29, 1.82) is 0 Å². The molecule has 4 heteroatoms. The van der Waals surface area contributed by atoms with Gasteiger partial charge in [0.15, 0.2) is 5.78 Å². The van der Waals surface area contributed by atoms with Crippen LogP contribution >= 0.6 is 11.6 Å². The highest BCUT2D eigenvalue weighted by Gasteiger charge is 2.12. The van der Waals surface area contributed by atoms with Gasteiger partial charge in [0.05, 0.1) is 17.8 Å². The molecule has 98 valence electrons. The van der Waals surface area contributed by atoms with Crippen molar-refractivity contribution >= 4 is 23.1 Å². The Kier molecular flexibility index (Phi) is 3.76. The molecular formula is C15H14ClNO2. The number of carbonyl (C=O) groups is 1. The van der Waals surface area contributed by atoms with Crippen molar-refractivity contribution in [1.82, 2.24) is 0 Å². The van der Waals surface area contributed by atoms with E-state index in [0.29, 0.717) is 21.8 Å². The summed E-state index contributed by atoms with van der Waals surface area (Å²) < 4.78 is 5.17. The third-order valence-electron chi connectivity index (χ3n) is 2.92. The van der Waals surface area contributed by atoms with Crippen molar-refractivity contribution in [2.24, 2.45) is 0 Å². The molecule has 0 aliphatic heterocycles. The molecule has 0 aromatic heterocycles. The smallest absolute Gasteiger partial charge is 0.193 e. The molecule has 0 heterocycles. The van der Waals surface area contributed by atoms with E-state index in [4.69, 9.17) is 22.1 Å². The van der Waals surface area contributed by atoms with Crippen LogP contribution in [0.1, 0.15) is 21.5 Å². The van der Waals surface area contributed by atoms with Crippen LogP contribution in [0.5, 0.6) is 5.75 Å². The molecule has 0 atom stereocenters. The predicted octanol–water partition coefficient (Wildman–Crippen LogP) is 3.47. The molecule has 0 saturated carbocycles. The van der Waals surface area contributed by atoms with Gasteiger partial charge in [-0.2, -0.15) is 0 Å². The van der Waals surface area contributed by atoms with E-state index in [2.05, 4.69) is 0 Å². The standard InChI is InChI=1S/C15H14ClNO2/c1-9-7-10(4-6-14(9)19-2)15(18)11-3-5-12(16)13(17)8-11/h3-8H,17H2,1-2H3. The number of hydrogen-bond acceptors (Lipinski definition) is 3. The molecule has 2 rings (SSSR count). The first-order valence-corrected chi connectivity index (χ1v) is 6.15. The number of anilines is 1. The van der Waals surface area contributed by atoms with Crippen molar-refractivity contribution in [3.05, 3.63) is 58.1 Å². The number of methoxy groups -OCH3 is 1. The molecule has 0 saturated heterocycles. The quantitative estimate of drug-likeness (QED) is 0.689. The summed E-state index contributed by atoms with van der Waals surface area (Å²) in [6, 6.07) is 10.2. The first-order chi connectivity index (χ1) is 9.02. The maximum absolute atomic E-state index is 12.3. The zero-order valence-electron chi connectivity index (χ0n) is 10.7. The van der Waals surface area contributed by atoms with E-state index in [9.17, 15) is 4.79 Å². The number of ether oxygens (including phenoxy) is 1. The van der Waals surface area contributed by atoms with Gasteiger partial charge in [0.25, 0.3) is 0 Å². The Morgan fingerprint density at radius 2 is 1.79 bits per heavy atom. The summed E-state index contributed by atoms with van der Waals surface area (Å²) in [5.74, 6) is 0.668. The van der Waals surface area contributed by atoms with E-state index in [-0.39, 0.29) is 5.78 Å². The molecule has 0 amide bonds. The number of aryl methyl sites for hydroxylation is 1. The predicted molar refractivity (Wildman–Crippen MR) is 77.0 cm³/mol. The van der Waals surface area contributed by atoms with Gasteiger partial charge in [-0.1, -0.05) is 11.6 Å². The Bertz CT molecular complexity index is 638. The fourth-order valence-corrected chi connectivity index (χ4v) is 1.99. The molecule has 3 nitrogen and oxygen atoms in total. The van der Waals surface area contributed by atoms with Crippen LogP contribution < -0.4 is 10.5 Å². The van der Waals surface area contributed by atoms with Gasteiger partial charge >= 0.3 is 0 Å². The molecule has 0 bridgehead atoms. The summed E-state index contributed by atoms with van der Waals surface area (Å²) in [6.07, 6.45) is 0. The molecule has 0 spiro atoms. The summed E-state index contributed by atoms with van der Waals surface area (Å²) in [7, 11) is 1.60. The summed E-state index contributed by atoms with van der Waals surface area (Å²) in [6.45, 7) is 1.89. The topological polar surface area (TPSA) is 52.3 Å². The molecule has 0 aliphatic rings. The molecule has 2 N–H and O–H groups in total. The van der Waals surface area contributed by atoms with E-state index in [0.717, 1.165) is 11.3 Å². The second kappa shape index (κ2) is 5.33. The van der Waals surface area contributed by atoms with Crippen molar-refractivity contribution < 1.29 is 9.53 Å².